The molecule has 0 unspecified atom stereocenters. The van der Waals surface area contributed by atoms with Gasteiger partial charge in [0.2, 0.25) is 0 Å². The number of amides is 1. The van der Waals surface area contributed by atoms with E-state index in [2.05, 4.69) is 4.90 Å². The first-order valence-electron chi connectivity index (χ1n) is 10.9. The number of nitrogens with zero attached hydrogens (tertiary/aromatic N) is 2. The maximum atomic E-state index is 13.5. The van der Waals surface area contributed by atoms with Crippen LogP contribution in [-0.2, 0) is 0 Å². The Labute approximate surface area is 196 Å². The molecule has 170 valence electrons. The van der Waals surface area contributed by atoms with Crippen molar-refractivity contribution in [1.82, 2.24) is 4.90 Å². The van der Waals surface area contributed by atoms with Crippen LogP contribution in [0.15, 0.2) is 59.0 Å². The van der Waals surface area contributed by atoms with Gasteiger partial charge in [-0.05, 0) is 49.3 Å². The SMILES string of the molecule is CN(C)CCOc1ccc2oc(C(=O)N3C[C@@H](CCl)c4c3cc(O)c3ccccc43)cc2c1. The van der Waals surface area contributed by atoms with Gasteiger partial charge in [-0.15, -0.1) is 11.6 Å². The van der Waals surface area contributed by atoms with Gasteiger partial charge in [-0.3, -0.25) is 4.79 Å². The van der Waals surface area contributed by atoms with Crippen molar-refractivity contribution in [2.24, 2.45) is 0 Å². The van der Waals surface area contributed by atoms with Crippen molar-refractivity contribution < 1.29 is 19.1 Å². The van der Waals surface area contributed by atoms with Crippen LogP contribution in [0.25, 0.3) is 21.7 Å². The number of halogens is 1. The van der Waals surface area contributed by atoms with Gasteiger partial charge in [0, 0.05) is 41.7 Å². The molecule has 1 aliphatic heterocycles. The summed E-state index contributed by atoms with van der Waals surface area (Å²) in [6.45, 7) is 1.82. The number of phenols is 1. The van der Waals surface area contributed by atoms with Crippen molar-refractivity contribution in [2.75, 3.05) is 44.6 Å². The van der Waals surface area contributed by atoms with Crippen LogP contribution < -0.4 is 9.64 Å². The van der Waals surface area contributed by atoms with Crippen LogP contribution in [0.5, 0.6) is 11.5 Å². The monoisotopic (exact) mass is 464 g/mol. The Morgan fingerprint density at radius 3 is 2.73 bits per heavy atom. The molecule has 0 spiro atoms. The number of likely N-dealkylation sites (N-methyl/N-ethyl adjacent to an activating group) is 1. The van der Waals surface area contributed by atoms with Gasteiger partial charge in [0.05, 0.1) is 5.69 Å². The summed E-state index contributed by atoms with van der Waals surface area (Å²) in [7, 11) is 3.99. The first kappa shape index (κ1) is 21.6. The summed E-state index contributed by atoms with van der Waals surface area (Å²) in [5.74, 6) is 1.20. The first-order chi connectivity index (χ1) is 16.0. The van der Waals surface area contributed by atoms with Gasteiger partial charge in [0.1, 0.15) is 23.7 Å². The lowest BCUT2D eigenvalue weighted by atomic mass is 9.95. The van der Waals surface area contributed by atoms with Crippen LogP contribution >= 0.6 is 11.6 Å². The van der Waals surface area contributed by atoms with E-state index in [4.69, 9.17) is 20.8 Å². The zero-order valence-corrected chi connectivity index (χ0v) is 19.3. The second kappa shape index (κ2) is 8.61. The summed E-state index contributed by atoms with van der Waals surface area (Å²) in [6, 6.07) is 16.6. The van der Waals surface area contributed by atoms with Gasteiger partial charge in [-0.25, -0.2) is 0 Å². The molecule has 3 aromatic carbocycles. The first-order valence-corrected chi connectivity index (χ1v) is 11.4. The van der Waals surface area contributed by atoms with E-state index in [-0.39, 0.29) is 23.3 Å². The number of aromatic hydroxyl groups is 1. The minimum absolute atomic E-state index is 0.0304. The molecule has 1 amide bonds. The summed E-state index contributed by atoms with van der Waals surface area (Å²) in [6.07, 6.45) is 0. The summed E-state index contributed by atoms with van der Waals surface area (Å²) in [5, 5.41) is 13.1. The molecular formula is C26H25ClN2O4. The van der Waals surface area contributed by atoms with Gasteiger partial charge < -0.3 is 24.1 Å². The van der Waals surface area contributed by atoms with Crippen molar-refractivity contribution in [3.8, 4) is 11.5 Å². The second-order valence-corrected chi connectivity index (χ2v) is 8.91. The van der Waals surface area contributed by atoms with Crippen molar-refractivity contribution in [2.45, 2.75) is 5.92 Å². The fourth-order valence-corrected chi connectivity index (χ4v) is 4.69. The third-order valence-corrected chi connectivity index (χ3v) is 6.45. The van der Waals surface area contributed by atoms with E-state index < -0.39 is 0 Å². The van der Waals surface area contributed by atoms with Crippen molar-refractivity contribution in [3.05, 3.63) is 65.9 Å². The lowest BCUT2D eigenvalue weighted by Gasteiger charge is -2.17. The number of fused-ring (bicyclic) bond motifs is 4. The maximum Gasteiger partial charge on any atom is 0.294 e. The molecule has 33 heavy (non-hydrogen) atoms. The van der Waals surface area contributed by atoms with Crippen LogP contribution in [0.3, 0.4) is 0 Å². The summed E-state index contributed by atoms with van der Waals surface area (Å²) in [5.41, 5.74) is 2.28. The Hall–Kier alpha value is -3.22. The highest BCUT2D eigenvalue weighted by Gasteiger charge is 2.36. The molecule has 6 nitrogen and oxygen atoms in total. The number of hydrogen-bond donors (Lipinski definition) is 1. The number of alkyl halides is 1. The Bertz CT molecular complexity index is 1350. The average Bonchev–Trinajstić information content (AvgIpc) is 3.40. The van der Waals surface area contributed by atoms with E-state index in [0.29, 0.717) is 30.3 Å². The molecule has 5 rings (SSSR count). The zero-order valence-electron chi connectivity index (χ0n) is 18.5. The molecule has 0 aliphatic carbocycles. The molecule has 0 saturated heterocycles. The van der Waals surface area contributed by atoms with Gasteiger partial charge in [-0.1, -0.05) is 24.3 Å². The molecule has 0 fully saturated rings. The molecule has 1 N–H and O–H groups in total. The van der Waals surface area contributed by atoms with E-state index >= 15 is 0 Å². The molecule has 1 aromatic heterocycles. The van der Waals surface area contributed by atoms with E-state index in [1.807, 2.05) is 56.6 Å². The quantitative estimate of drug-likeness (QED) is 0.396. The third kappa shape index (κ3) is 3.90. The Kier molecular flexibility index (Phi) is 5.64. The number of furan rings is 1. The number of phenolic OH excluding ortho intramolecular Hbond substituents is 1. The van der Waals surface area contributed by atoms with Crippen LogP contribution in [-0.4, -0.2) is 55.6 Å². The van der Waals surface area contributed by atoms with Crippen molar-refractivity contribution in [3.63, 3.8) is 0 Å². The average molecular weight is 465 g/mol. The number of rotatable bonds is 6. The zero-order chi connectivity index (χ0) is 23.1. The molecule has 0 bridgehead atoms. The number of carbonyl (C=O) groups is 1. The standard InChI is InChI=1S/C26H25ClN2O4/c1-28(2)9-10-32-18-7-8-23-16(11-18)12-24(33-23)26(31)29-15-17(14-27)25-20-6-4-3-5-19(20)22(30)13-21(25)29/h3-8,11-13,17,30H,9-10,14-15H2,1-2H3/t17-/m1/s1. The van der Waals surface area contributed by atoms with Crippen molar-refractivity contribution in [1.29, 1.82) is 0 Å². The van der Waals surface area contributed by atoms with Gasteiger partial charge in [-0.2, -0.15) is 0 Å². The minimum atomic E-state index is -0.259. The molecule has 0 saturated carbocycles. The lowest BCUT2D eigenvalue weighted by Crippen LogP contribution is -2.29. The van der Waals surface area contributed by atoms with Crippen LogP contribution in [0.2, 0.25) is 0 Å². The van der Waals surface area contributed by atoms with Crippen molar-refractivity contribution >= 4 is 44.9 Å². The van der Waals surface area contributed by atoms with Gasteiger partial charge >= 0.3 is 0 Å². The third-order valence-electron chi connectivity index (χ3n) is 6.08. The number of hydrogen-bond acceptors (Lipinski definition) is 5. The van der Waals surface area contributed by atoms with E-state index in [0.717, 1.165) is 34.0 Å². The van der Waals surface area contributed by atoms with E-state index in [1.165, 1.54) is 0 Å². The van der Waals surface area contributed by atoms with E-state index in [1.54, 1.807) is 17.0 Å². The largest absolute Gasteiger partial charge is 0.507 e. The van der Waals surface area contributed by atoms with Gasteiger partial charge in [0.25, 0.3) is 5.91 Å². The Morgan fingerprint density at radius 2 is 1.97 bits per heavy atom. The second-order valence-electron chi connectivity index (χ2n) is 8.60. The predicted molar refractivity (Wildman–Crippen MR) is 131 cm³/mol. The summed E-state index contributed by atoms with van der Waals surface area (Å²) >= 11 is 6.29. The fourth-order valence-electron chi connectivity index (χ4n) is 4.44. The number of ether oxygens (including phenoxy) is 1. The lowest BCUT2D eigenvalue weighted by molar-refractivity contribution is 0.0964. The Balaban J connectivity index is 1.48. The number of benzene rings is 3. The molecule has 4 aromatic rings. The van der Waals surface area contributed by atoms with Crippen LogP contribution in [0, 0.1) is 0 Å². The summed E-state index contributed by atoms with van der Waals surface area (Å²) < 4.78 is 11.7. The highest BCUT2D eigenvalue weighted by Crippen LogP contribution is 2.45. The Morgan fingerprint density at radius 1 is 1.18 bits per heavy atom. The van der Waals surface area contributed by atoms with Crippen LogP contribution in [0.1, 0.15) is 22.0 Å². The number of carbonyl (C=O) groups excluding carboxylic acids is 1. The highest BCUT2D eigenvalue weighted by atomic mass is 35.5. The van der Waals surface area contributed by atoms with Crippen LogP contribution in [0.4, 0.5) is 5.69 Å². The van der Waals surface area contributed by atoms with E-state index in [9.17, 15) is 9.90 Å². The topological polar surface area (TPSA) is 66.2 Å². The molecule has 0 radical (unpaired) electrons. The fraction of sp³-hybridized carbons (Fsp3) is 0.269. The molecular weight excluding hydrogens is 440 g/mol. The highest BCUT2D eigenvalue weighted by molar-refractivity contribution is 6.19. The predicted octanol–water partition coefficient (Wildman–Crippen LogP) is 5.21. The smallest absolute Gasteiger partial charge is 0.294 e. The molecule has 7 heteroatoms. The summed E-state index contributed by atoms with van der Waals surface area (Å²) in [4.78, 5) is 17.2. The minimum Gasteiger partial charge on any atom is -0.507 e. The molecule has 1 aliphatic rings. The molecule has 2 heterocycles. The van der Waals surface area contributed by atoms with Gasteiger partial charge in [0.15, 0.2) is 5.76 Å². The number of anilines is 1. The maximum absolute atomic E-state index is 13.5. The normalized spacial score (nSPS) is 15.5. The molecule has 1 atom stereocenters.